The van der Waals surface area contributed by atoms with Gasteiger partial charge in [0.15, 0.2) is 11.5 Å². The maximum atomic E-state index is 12.9. The summed E-state index contributed by atoms with van der Waals surface area (Å²) in [5.41, 5.74) is 3.65. The quantitative estimate of drug-likeness (QED) is 0.183. The average molecular weight is 556 g/mol. The summed E-state index contributed by atoms with van der Waals surface area (Å²) in [5.74, 6) is 2.36. The van der Waals surface area contributed by atoms with Gasteiger partial charge in [-0.3, -0.25) is 4.79 Å². The fourth-order valence-corrected chi connectivity index (χ4v) is 5.17. The Bertz CT molecular complexity index is 1800. The zero-order valence-electron chi connectivity index (χ0n) is 22.0. The van der Waals surface area contributed by atoms with Crippen LogP contribution in [-0.4, -0.2) is 41.7 Å². The van der Waals surface area contributed by atoms with E-state index in [0.717, 1.165) is 16.5 Å². The lowest BCUT2D eigenvalue weighted by Gasteiger charge is -2.11. The first-order valence-electron chi connectivity index (χ1n) is 12.4. The van der Waals surface area contributed by atoms with Gasteiger partial charge in [0.25, 0.3) is 5.19 Å². The molecular formula is C30H25N3O6S. The number of aromatic nitrogens is 3. The molecule has 40 heavy (non-hydrogen) atoms. The minimum Gasteiger partial charge on any atom is -0.496 e. The van der Waals surface area contributed by atoms with E-state index in [-0.39, 0.29) is 12.2 Å². The maximum Gasteiger partial charge on any atom is 0.294 e. The molecule has 0 fully saturated rings. The summed E-state index contributed by atoms with van der Waals surface area (Å²) in [6.45, 7) is 0.295. The average Bonchev–Trinajstić information content (AvgIpc) is 3.69. The predicted octanol–water partition coefficient (Wildman–Crippen LogP) is 6.23. The van der Waals surface area contributed by atoms with Crippen molar-refractivity contribution in [3.05, 3.63) is 89.6 Å². The van der Waals surface area contributed by atoms with Crippen molar-refractivity contribution in [3.63, 3.8) is 0 Å². The number of Topliss-reactive ketones (excluding diaryl/α,β-unsaturated/α-hetero) is 1. The molecule has 9 nitrogen and oxygen atoms in total. The lowest BCUT2D eigenvalue weighted by Crippen LogP contribution is -2.06. The maximum absolute atomic E-state index is 12.9. The number of imidazole rings is 1. The SMILES string of the molecule is COc1cc(OCc2cccc(CC(=O)c3ccccc3OC)c2)c2cc(-c3cn4nc(OC)sc4n3)oc2c1. The second-order valence-electron chi connectivity index (χ2n) is 8.98. The second kappa shape index (κ2) is 10.7. The molecule has 10 heteroatoms. The third-order valence-corrected chi connectivity index (χ3v) is 7.30. The van der Waals surface area contributed by atoms with Gasteiger partial charge in [-0.1, -0.05) is 36.4 Å². The van der Waals surface area contributed by atoms with Crippen molar-refractivity contribution in [3.8, 4) is 33.9 Å². The Balaban J connectivity index is 1.23. The van der Waals surface area contributed by atoms with Crippen LogP contribution < -0.4 is 18.9 Å². The molecule has 3 heterocycles. The van der Waals surface area contributed by atoms with Crippen LogP contribution in [0.3, 0.4) is 0 Å². The molecule has 3 aromatic heterocycles. The van der Waals surface area contributed by atoms with Crippen molar-refractivity contribution in [2.75, 3.05) is 21.3 Å². The van der Waals surface area contributed by atoms with E-state index in [1.165, 1.54) is 11.3 Å². The number of hydrogen-bond acceptors (Lipinski definition) is 9. The zero-order valence-corrected chi connectivity index (χ0v) is 22.9. The van der Waals surface area contributed by atoms with Crippen molar-refractivity contribution < 1.29 is 28.2 Å². The monoisotopic (exact) mass is 555 g/mol. The predicted molar refractivity (Wildman–Crippen MR) is 151 cm³/mol. The Morgan fingerprint density at radius 3 is 2.58 bits per heavy atom. The number of ketones is 1. The van der Waals surface area contributed by atoms with Gasteiger partial charge in [0.1, 0.15) is 35.1 Å². The van der Waals surface area contributed by atoms with E-state index in [9.17, 15) is 4.79 Å². The van der Waals surface area contributed by atoms with Crippen LogP contribution in [0.25, 0.3) is 27.4 Å². The Labute approximate surface area is 233 Å². The zero-order chi connectivity index (χ0) is 27.6. The van der Waals surface area contributed by atoms with Crippen molar-refractivity contribution in [1.29, 1.82) is 0 Å². The number of ether oxygens (including phenoxy) is 4. The molecule has 6 aromatic rings. The summed E-state index contributed by atoms with van der Waals surface area (Å²) >= 11 is 1.34. The van der Waals surface area contributed by atoms with E-state index in [4.69, 9.17) is 23.4 Å². The molecule has 0 aliphatic carbocycles. The number of carbonyl (C=O) groups excluding carboxylic acids is 1. The molecule has 0 unspecified atom stereocenters. The van der Waals surface area contributed by atoms with Crippen LogP contribution >= 0.6 is 11.3 Å². The minimum absolute atomic E-state index is 0.0104. The lowest BCUT2D eigenvalue weighted by molar-refractivity contribution is 0.0990. The normalized spacial score (nSPS) is 11.2. The van der Waals surface area contributed by atoms with Gasteiger partial charge in [0.2, 0.25) is 4.96 Å². The van der Waals surface area contributed by atoms with Crippen LogP contribution in [-0.2, 0) is 13.0 Å². The molecule has 0 aliphatic heterocycles. The first-order chi connectivity index (χ1) is 19.5. The molecule has 0 amide bonds. The van der Waals surface area contributed by atoms with Gasteiger partial charge in [-0.15, -0.1) is 5.10 Å². The van der Waals surface area contributed by atoms with Gasteiger partial charge in [-0.25, -0.2) is 9.50 Å². The molecule has 0 spiro atoms. The standard InChI is InChI=1S/C30H25N3O6S/c1-35-20-13-26(22-15-28(39-27(22)14-20)23-16-33-29(31-23)40-30(32-33)37-3)38-17-19-8-6-7-18(11-19)12-24(34)21-9-4-5-10-25(21)36-2/h4-11,13-16H,12,17H2,1-3H3. The van der Waals surface area contributed by atoms with Crippen LogP contribution in [0.4, 0.5) is 0 Å². The van der Waals surface area contributed by atoms with Crippen molar-refractivity contribution in [2.45, 2.75) is 13.0 Å². The number of methoxy groups -OCH3 is 3. The first kappa shape index (κ1) is 25.4. The first-order valence-corrected chi connectivity index (χ1v) is 13.2. The topological polar surface area (TPSA) is 97.3 Å². The Kier molecular flexibility index (Phi) is 6.83. The van der Waals surface area contributed by atoms with E-state index in [2.05, 4.69) is 10.1 Å². The number of hydrogen-bond donors (Lipinski definition) is 0. The Hall–Kier alpha value is -4.83. The highest BCUT2D eigenvalue weighted by molar-refractivity contribution is 7.18. The van der Waals surface area contributed by atoms with Gasteiger partial charge >= 0.3 is 0 Å². The molecule has 0 radical (unpaired) electrons. The molecule has 0 bridgehead atoms. The summed E-state index contributed by atoms with van der Waals surface area (Å²) in [5, 5.41) is 5.65. The van der Waals surface area contributed by atoms with E-state index in [0.29, 0.717) is 56.6 Å². The van der Waals surface area contributed by atoms with Crippen LogP contribution in [0.1, 0.15) is 21.5 Å². The number of furan rings is 1. The molecule has 0 N–H and O–H groups in total. The fourth-order valence-electron chi connectivity index (χ4n) is 4.48. The molecule has 0 saturated heterocycles. The van der Waals surface area contributed by atoms with Crippen molar-refractivity contribution in [1.82, 2.24) is 14.6 Å². The van der Waals surface area contributed by atoms with Gasteiger partial charge in [0, 0.05) is 18.6 Å². The highest BCUT2D eigenvalue weighted by Crippen LogP contribution is 2.37. The number of carbonyl (C=O) groups is 1. The van der Waals surface area contributed by atoms with Crippen LogP contribution in [0.2, 0.25) is 0 Å². The van der Waals surface area contributed by atoms with E-state index < -0.39 is 0 Å². The summed E-state index contributed by atoms with van der Waals surface area (Å²) in [6.07, 6.45) is 2.05. The highest BCUT2D eigenvalue weighted by atomic mass is 32.1. The van der Waals surface area contributed by atoms with E-state index >= 15 is 0 Å². The largest absolute Gasteiger partial charge is 0.496 e. The Morgan fingerprint density at radius 1 is 0.925 bits per heavy atom. The molecule has 0 aliphatic rings. The molecule has 6 rings (SSSR count). The van der Waals surface area contributed by atoms with Crippen LogP contribution in [0, 0.1) is 0 Å². The third-order valence-electron chi connectivity index (χ3n) is 6.42. The number of para-hydroxylation sites is 1. The van der Waals surface area contributed by atoms with Gasteiger partial charge < -0.3 is 23.4 Å². The molecular weight excluding hydrogens is 530 g/mol. The molecule has 0 saturated carbocycles. The van der Waals surface area contributed by atoms with Crippen molar-refractivity contribution >= 4 is 33.1 Å². The van der Waals surface area contributed by atoms with Crippen LogP contribution in [0.15, 0.2) is 77.3 Å². The second-order valence-corrected chi connectivity index (χ2v) is 9.90. The van der Waals surface area contributed by atoms with Crippen molar-refractivity contribution in [2.24, 2.45) is 0 Å². The van der Waals surface area contributed by atoms with Gasteiger partial charge in [-0.2, -0.15) is 0 Å². The Morgan fingerprint density at radius 2 is 1.77 bits per heavy atom. The summed E-state index contributed by atoms with van der Waals surface area (Å²) in [4.78, 5) is 18.3. The number of benzene rings is 3. The highest BCUT2D eigenvalue weighted by Gasteiger charge is 2.18. The molecule has 0 atom stereocenters. The number of rotatable bonds is 10. The fraction of sp³-hybridized carbons (Fsp3) is 0.167. The van der Waals surface area contributed by atoms with E-state index in [1.807, 2.05) is 54.6 Å². The smallest absolute Gasteiger partial charge is 0.294 e. The summed E-state index contributed by atoms with van der Waals surface area (Å²) < 4.78 is 30.1. The molecule has 202 valence electrons. The number of nitrogens with zero attached hydrogens (tertiary/aromatic N) is 3. The van der Waals surface area contributed by atoms with E-state index in [1.54, 1.807) is 44.2 Å². The molecule has 3 aromatic carbocycles. The number of fused-ring (bicyclic) bond motifs is 2. The minimum atomic E-state index is -0.0104. The van der Waals surface area contributed by atoms with Gasteiger partial charge in [-0.05, 0) is 40.7 Å². The summed E-state index contributed by atoms with van der Waals surface area (Å²) in [6, 6.07) is 20.6. The summed E-state index contributed by atoms with van der Waals surface area (Å²) in [7, 11) is 4.74. The third kappa shape index (κ3) is 4.96. The van der Waals surface area contributed by atoms with Gasteiger partial charge in [0.05, 0.1) is 38.5 Å². The lowest BCUT2D eigenvalue weighted by atomic mass is 10.0. The van der Waals surface area contributed by atoms with Crippen LogP contribution in [0.5, 0.6) is 22.4 Å².